The maximum Gasteiger partial charge on any atom is -0.0351 e. The van der Waals surface area contributed by atoms with Crippen molar-refractivity contribution in [1.29, 1.82) is 0 Å². The lowest BCUT2D eigenvalue weighted by Crippen LogP contribution is -1.84. The molecule has 0 rings (SSSR count). The Morgan fingerprint density at radius 1 is 0.267 bits per heavy atom. The Bertz CT molecular complexity index is 303. The highest BCUT2D eigenvalue weighted by atomic mass is 14.0. The average molecular weight is 419 g/mol. The van der Waals surface area contributed by atoms with Crippen LogP contribution in [-0.2, 0) is 0 Å². The van der Waals surface area contributed by atoms with Crippen molar-refractivity contribution in [2.75, 3.05) is 0 Å². The molecule has 0 nitrogen and oxygen atoms in total. The van der Waals surface area contributed by atoms with Gasteiger partial charge in [-0.05, 0) is 25.7 Å². The zero-order valence-corrected chi connectivity index (χ0v) is 21.0. The van der Waals surface area contributed by atoms with E-state index in [0.717, 1.165) is 12.8 Å². The van der Waals surface area contributed by atoms with Gasteiger partial charge in [-0.25, -0.2) is 0 Å². The summed E-state index contributed by atoms with van der Waals surface area (Å²) in [5.41, 5.74) is 0. The highest BCUT2D eigenvalue weighted by Gasteiger charge is 1.95. The van der Waals surface area contributed by atoms with E-state index in [0.29, 0.717) is 0 Å². The number of allylic oxidation sites excluding steroid dienone is 2. The Hall–Kier alpha value is -0.260. The normalized spacial score (nSPS) is 11.7. The maximum atomic E-state index is 3.91. The van der Waals surface area contributed by atoms with Crippen LogP contribution in [0.3, 0.4) is 0 Å². The minimum atomic E-state index is 1.11. The Labute approximate surface area is 193 Å². The standard InChI is InChI=1S/C30H58/c1-3-5-7-9-11-13-15-17-19-21-23-25-27-29-30-28-26-24-22-20-18-16-14-12-10-8-6-4-2/h17,19H,1-16,18,20-30H2. The van der Waals surface area contributed by atoms with Crippen molar-refractivity contribution in [3.63, 3.8) is 0 Å². The molecular weight excluding hydrogens is 360 g/mol. The first-order valence-corrected chi connectivity index (χ1v) is 14.1. The first kappa shape index (κ1) is 29.7. The van der Waals surface area contributed by atoms with Crippen LogP contribution < -0.4 is 0 Å². The van der Waals surface area contributed by atoms with Gasteiger partial charge in [0, 0.05) is 0 Å². The summed E-state index contributed by atoms with van der Waals surface area (Å²) in [5.74, 6) is 0. The fourth-order valence-electron chi connectivity index (χ4n) is 4.30. The van der Waals surface area contributed by atoms with Crippen LogP contribution >= 0.6 is 0 Å². The van der Waals surface area contributed by atoms with Crippen LogP contribution in [0, 0.1) is 13.8 Å². The van der Waals surface area contributed by atoms with Gasteiger partial charge in [0.2, 0.25) is 0 Å². The monoisotopic (exact) mass is 418 g/mol. The predicted octanol–water partition coefficient (Wildman–Crippen LogP) is 11.4. The molecule has 0 fully saturated rings. The summed E-state index contributed by atoms with van der Waals surface area (Å²) in [5, 5.41) is 0. The quantitative estimate of drug-likeness (QED) is 0.0967. The van der Waals surface area contributed by atoms with Crippen molar-refractivity contribution < 1.29 is 0 Å². The molecular formula is C30H58. The molecule has 0 atom stereocenters. The van der Waals surface area contributed by atoms with E-state index in [2.05, 4.69) is 26.0 Å². The summed E-state index contributed by atoms with van der Waals surface area (Å²) < 4.78 is 0. The molecule has 0 spiro atoms. The van der Waals surface area contributed by atoms with Crippen molar-refractivity contribution in [1.82, 2.24) is 0 Å². The van der Waals surface area contributed by atoms with Crippen molar-refractivity contribution in [3.8, 4) is 0 Å². The van der Waals surface area contributed by atoms with Gasteiger partial charge in [-0.3, -0.25) is 0 Å². The van der Waals surface area contributed by atoms with E-state index in [1.807, 2.05) is 0 Å². The lowest BCUT2D eigenvalue weighted by molar-refractivity contribution is 0.526. The van der Waals surface area contributed by atoms with Gasteiger partial charge >= 0.3 is 0 Å². The maximum absolute atomic E-state index is 3.91. The molecule has 0 aliphatic heterocycles. The van der Waals surface area contributed by atoms with Crippen LogP contribution in [0.15, 0.2) is 12.2 Å². The van der Waals surface area contributed by atoms with E-state index in [1.54, 1.807) is 0 Å². The zero-order chi connectivity index (χ0) is 21.8. The molecule has 0 N–H and O–H groups in total. The molecule has 0 unspecified atom stereocenters. The van der Waals surface area contributed by atoms with Crippen LogP contribution in [0.25, 0.3) is 0 Å². The molecule has 0 heterocycles. The minimum absolute atomic E-state index is 1.11. The summed E-state index contributed by atoms with van der Waals surface area (Å²) in [6, 6.07) is 0. The van der Waals surface area contributed by atoms with Crippen LogP contribution in [0.4, 0.5) is 0 Å². The highest BCUT2D eigenvalue weighted by molar-refractivity contribution is 4.81. The third-order valence-corrected chi connectivity index (χ3v) is 6.41. The van der Waals surface area contributed by atoms with E-state index in [-0.39, 0.29) is 0 Å². The van der Waals surface area contributed by atoms with Crippen molar-refractivity contribution in [2.24, 2.45) is 0 Å². The molecule has 0 aromatic carbocycles. The van der Waals surface area contributed by atoms with Gasteiger partial charge < -0.3 is 0 Å². The van der Waals surface area contributed by atoms with Crippen LogP contribution in [0.1, 0.15) is 167 Å². The van der Waals surface area contributed by atoms with Crippen LogP contribution in [0.2, 0.25) is 0 Å². The lowest BCUT2D eigenvalue weighted by atomic mass is 10.0. The fraction of sp³-hybridized carbons (Fsp3) is 0.867. The van der Waals surface area contributed by atoms with Crippen molar-refractivity contribution in [3.05, 3.63) is 26.0 Å². The number of unbranched alkanes of at least 4 members (excludes halogenated alkanes) is 24. The second-order valence-electron chi connectivity index (χ2n) is 9.53. The SMILES string of the molecule is [CH2]CCCCCCCC=CCCCCCCCCCCCCCCCCCCC[CH2]. The summed E-state index contributed by atoms with van der Waals surface area (Å²) in [7, 11) is 0. The van der Waals surface area contributed by atoms with E-state index >= 15 is 0 Å². The summed E-state index contributed by atoms with van der Waals surface area (Å²) in [6.07, 6.45) is 41.2. The van der Waals surface area contributed by atoms with Gasteiger partial charge in [0.1, 0.15) is 0 Å². The Morgan fingerprint density at radius 3 is 0.700 bits per heavy atom. The van der Waals surface area contributed by atoms with E-state index in [9.17, 15) is 0 Å². The van der Waals surface area contributed by atoms with Crippen molar-refractivity contribution >= 4 is 0 Å². The molecule has 0 bridgehead atoms. The van der Waals surface area contributed by atoms with E-state index in [4.69, 9.17) is 0 Å². The highest BCUT2D eigenvalue weighted by Crippen LogP contribution is 2.14. The summed E-state index contributed by atoms with van der Waals surface area (Å²) in [6.45, 7) is 7.82. The molecule has 0 aliphatic carbocycles. The molecule has 0 aromatic heterocycles. The van der Waals surface area contributed by atoms with Gasteiger partial charge in [0.15, 0.2) is 0 Å². The summed E-state index contributed by atoms with van der Waals surface area (Å²) >= 11 is 0. The van der Waals surface area contributed by atoms with Gasteiger partial charge in [-0.15, -0.1) is 0 Å². The lowest BCUT2D eigenvalue weighted by Gasteiger charge is -2.03. The van der Waals surface area contributed by atoms with E-state index < -0.39 is 0 Å². The van der Waals surface area contributed by atoms with Crippen LogP contribution in [0.5, 0.6) is 0 Å². The second-order valence-corrected chi connectivity index (χ2v) is 9.53. The van der Waals surface area contributed by atoms with Crippen LogP contribution in [-0.4, -0.2) is 0 Å². The third-order valence-electron chi connectivity index (χ3n) is 6.41. The number of hydrogen-bond acceptors (Lipinski definition) is 0. The van der Waals surface area contributed by atoms with Gasteiger partial charge in [-0.1, -0.05) is 167 Å². The Kier molecular flexibility index (Phi) is 28.5. The molecule has 0 amide bonds. The third kappa shape index (κ3) is 27.7. The molecule has 178 valence electrons. The smallest absolute Gasteiger partial charge is 0.0351 e. The number of rotatable bonds is 26. The zero-order valence-electron chi connectivity index (χ0n) is 21.0. The Balaban J connectivity index is 3.04. The molecule has 0 heteroatoms. The van der Waals surface area contributed by atoms with Gasteiger partial charge in [0.25, 0.3) is 0 Å². The fourth-order valence-corrected chi connectivity index (χ4v) is 4.30. The molecule has 0 saturated heterocycles. The first-order chi connectivity index (χ1) is 14.9. The molecule has 0 aliphatic rings. The Morgan fingerprint density at radius 2 is 0.467 bits per heavy atom. The van der Waals surface area contributed by atoms with E-state index in [1.165, 1.54) is 154 Å². The largest absolute Gasteiger partial charge is 0.0885 e. The number of hydrogen-bond donors (Lipinski definition) is 0. The van der Waals surface area contributed by atoms with Crippen molar-refractivity contribution in [2.45, 2.75) is 167 Å². The summed E-state index contributed by atoms with van der Waals surface area (Å²) in [4.78, 5) is 0. The molecule has 0 saturated carbocycles. The molecule has 2 radical (unpaired) electrons. The minimum Gasteiger partial charge on any atom is -0.0885 e. The predicted molar refractivity (Wildman–Crippen MR) is 140 cm³/mol. The van der Waals surface area contributed by atoms with Gasteiger partial charge in [-0.2, -0.15) is 0 Å². The van der Waals surface area contributed by atoms with Gasteiger partial charge in [0.05, 0.1) is 0 Å². The average Bonchev–Trinajstić information content (AvgIpc) is 2.76. The topological polar surface area (TPSA) is 0 Å². The molecule has 30 heavy (non-hydrogen) atoms. The first-order valence-electron chi connectivity index (χ1n) is 14.1. The molecule has 0 aromatic rings. The second kappa shape index (κ2) is 28.7.